The normalized spacial score (nSPS) is 16.0. The van der Waals surface area contributed by atoms with Crippen LogP contribution in [-0.2, 0) is 9.53 Å². The monoisotopic (exact) mass is 354 g/mol. The van der Waals surface area contributed by atoms with E-state index < -0.39 is 4.92 Å². The second-order valence-electron chi connectivity index (χ2n) is 4.72. The van der Waals surface area contributed by atoms with E-state index in [-0.39, 0.29) is 17.3 Å². The van der Waals surface area contributed by atoms with Crippen LogP contribution < -0.4 is 5.32 Å². The lowest BCUT2D eigenvalue weighted by molar-refractivity contribution is -0.384. The fourth-order valence-corrected chi connectivity index (χ4v) is 2.42. The van der Waals surface area contributed by atoms with E-state index in [1.165, 1.54) is 18.2 Å². The summed E-state index contributed by atoms with van der Waals surface area (Å²) in [5, 5.41) is 13.5. The summed E-state index contributed by atoms with van der Waals surface area (Å²) in [6.07, 6.45) is 5.05. The number of nitro groups is 1. The molecule has 1 amide bonds. The van der Waals surface area contributed by atoms with Gasteiger partial charge in [0.15, 0.2) is 0 Å². The number of benzene rings is 1. The molecule has 1 aliphatic heterocycles. The first-order chi connectivity index (χ1) is 10.1. The van der Waals surface area contributed by atoms with Crippen LogP contribution in [0.2, 0.25) is 0 Å². The summed E-state index contributed by atoms with van der Waals surface area (Å²) >= 11 is 3.17. The fraction of sp³-hybridized carbons (Fsp3) is 0.357. The van der Waals surface area contributed by atoms with Crippen molar-refractivity contribution < 1.29 is 14.5 Å². The number of allylic oxidation sites excluding steroid dienone is 1. The molecule has 1 heterocycles. The van der Waals surface area contributed by atoms with E-state index in [9.17, 15) is 14.9 Å². The Labute approximate surface area is 130 Å². The van der Waals surface area contributed by atoms with Gasteiger partial charge in [0.1, 0.15) is 5.69 Å². The Kier molecular flexibility index (Phi) is 5.46. The van der Waals surface area contributed by atoms with Crippen molar-refractivity contribution in [2.45, 2.75) is 12.8 Å². The number of nitrogens with zero attached hydrogens (tertiary/aromatic N) is 1. The highest BCUT2D eigenvalue weighted by molar-refractivity contribution is 9.10. The third-order valence-electron chi connectivity index (χ3n) is 3.20. The molecular formula is C14H15BrN2O4. The Bertz CT molecular complexity index is 568. The third kappa shape index (κ3) is 4.64. The molecular weight excluding hydrogens is 340 g/mol. The number of anilines is 1. The lowest BCUT2D eigenvalue weighted by atomic mass is 10.00. The van der Waals surface area contributed by atoms with E-state index in [1.807, 2.05) is 6.08 Å². The second kappa shape index (κ2) is 7.33. The molecule has 0 aliphatic carbocycles. The van der Waals surface area contributed by atoms with Crippen molar-refractivity contribution in [2.24, 2.45) is 5.92 Å². The Hall–Kier alpha value is -1.73. The molecule has 0 atom stereocenters. The molecule has 0 saturated carbocycles. The maximum absolute atomic E-state index is 11.9. The maximum atomic E-state index is 11.9. The van der Waals surface area contributed by atoms with E-state index in [0.29, 0.717) is 23.6 Å². The Morgan fingerprint density at radius 3 is 2.81 bits per heavy atom. The van der Waals surface area contributed by atoms with E-state index in [1.54, 1.807) is 6.07 Å². The highest BCUT2D eigenvalue weighted by Gasteiger charge is 2.16. The molecule has 7 heteroatoms. The first-order valence-corrected chi connectivity index (χ1v) is 7.36. The first kappa shape index (κ1) is 15.7. The number of carbonyl (C=O) groups is 1. The zero-order valence-electron chi connectivity index (χ0n) is 11.3. The maximum Gasteiger partial charge on any atom is 0.293 e. The van der Waals surface area contributed by atoms with Crippen LogP contribution >= 0.6 is 15.9 Å². The van der Waals surface area contributed by atoms with Gasteiger partial charge in [-0.15, -0.1) is 0 Å². The number of ether oxygens (including phenoxy) is 1. The van der Waals surface area contributed by atoms with Crippen LogP contribution in [0.25, 0.3) is 0 Å². The number of amides is 1. The molecule has 0 aromatic heterocycles. The van der Waals surface area contributed by atoms with E-state index in [4.69, 9.17) is 4.74 Å². The van der Waals surface area contributed by atoms with Crippen molar-refractivity contribution in [1.29, 1.82) is 0 Å². The predicted molar refractivity (Wildman–Crippen MR) is 82.1 cm³/mol. The summed E-state index contributed by atoms with van der Waals surface area (Å²) in [6.45, 7) is 1.41. The molecule has 0 spiro atoms. The van der Waals surface area contributed by atoms with E-state index >= 15 is 0 Å². The molecule has 1 aliphatic rings. The van der Waals surface area contributed by atoms with Crippen LogP contribution in [0.3, 0.4) is 0 Å². The van der Waals surface area contributed by atoms with E-state index in [0.717, 1.165) is 12.8 Å². The second-order valence-corrected chi connectivity index (χ2v) is 5.63. The average Bonchev–Trinajstić information content (AvgIpc) is 2.48. The number of rotatable bonds is 4. The SMILES string of the molecule is O=C(C=CC1CCOCC1)Nc1ccc(Br)cc1[N+](=O)[O-]. The molecule has 1 aromatic rings. The summed E-state index contributed by atoms with van der Waals surface area (Å²) in [5.41, 5.74) is 0.0435. The van der Waals surface area contributed by atoms with Crippen LogP contribution in [-0.4, -0.2) is 24.0 Å². The Morgan fingerprint density at radius 2 is 2.14 bits per heavy atom. The Morgan fingerprint density at radius 1 is 1.43 bits per heavy atom. The standard InChI is InChI=1S/C14H15BrN2O4/c15-11-2-3-12(13(9-11)17(19)20)16-14(18)4-1-10-5-7-21-8-6-10/h1-4,9-10H,5-8H2,(H,16,18). The number of hydrogen-bond acceptors (Lipinski definition) is 4. The molecule has 21 heavy (non-hydrogen) atoms. The molecule has 2 rings (SSSR count). The summed E-state index contributed by atoms with van der Waals surface area (Å²) < 4.78 is 5.83. The molecule has 1 N–H and O–H groups in total. The van der Waals surface area contributed by atoms with Crippen molar-refractivity contribution in [3.05, 3.63) is 44.9 Å². The van der Waals surface area contributed by atoms with Gasteiger partial charge in [0.05, 0.1) is 4.92 Å². The van der Waals surface area contributed by atoms with Crippen LogP contribution in [0.4, 0.5) is 11.4 Å². The van der Waals surface area contributed by atoms with Gasteiger partial charge >= 0.3 is 0 Å². The molecule has 6 nitrogen and oxygen atoms in total. The minimum Gasteiger partial charge on any atom is -0.381 e. The lowest BCUT2D eigenvalue weighted by Gasteiger charge is -2.18. The van der Waals surface area contributed by atoms with Crippen molar-refractivity contribution >= 4 is 33.2 Å². The third-order valence-corrected chi connectivity index (χ3v) is 3.69. The molecule has 0 unspecified atom stereocenters. The van der Waals surface area contributed by atoms with Gasteiger partial charge in [-0.25, -0.2) is 0 Å². The zero-order chi connectivity index (χ0) is 15.2. The molecule has 1 aromatic carbocycles. The van der Waals surface area contributed by atoms with Crippen molar-refractivity contribution in [2.75, 3.05) is 18.5 Å². The minimum atomic E-state index is -0.525. The summed E-state index contributed by atoms with van der Waals surface area (Å²) in [6, 6.07) is 4.50. The number of nitrogens with one attached hydrogen (secondary N) is 1. The minimum absolute atomic E-state index is 0.141. The van der Waals surface area contributed by atoms with Crippen molar-refractivity contribution in [3.63, 3.8) is 0 Å². The largest absolute Gasteiger partial charge is 0.381 e. The quantitative estimate of drug-likeness (QED) is 0.511. The molecule has 0 radical (unpaired) electrons. The van der Waals surface area contributed by atoms with Crippen molar-refractivity contribution in [1.82, 2.24) is 0 Å². The predicted octanol–water partition coefficient (Wildman–Crippen LogP) is 3.28. The molecule has 112 valence electrons. The van der Waals surface area contributed by atoms with Gasteiger partial charge in [-0.05, 0) is 37.0 Å². The summed E-state index contributed by atoms with van der Waals surface area (Å²) in [7, 11) is 0. The highest BCUT2D eigenvalue weighted by atomic mass is 79.9. The summed E-state index contributed by atoms with van der Waals surface area (Å²) in [5.74, 6) is -0.0451. The van der Waals surface area contributed by atoms with Gasteiger partial charge in [-0.1, -0.05) is 22.0 Å². The van der Waals surface area contributed by atoms with Crippen molar-refractivity contribution in [3.8, 4) is 0 Å². The first-order valence-electron chi connectivity index (χ1n) is 6.57. The number of hydrogen-bond donors (Lipinski definition) is 1. The number of carbonyl (C=O) groups excluding carboxylic acids is 1. The number of halogens is 1. The smallest absolute Gasteiger partial charge is 0.293 e. The molecule has 0 bridgehead atoms. The average molecular weight is 355 g/mol. The Balaban J connectivity index is 2.02. The topological polar surface area (TPSA) is 81.5 Å². The van der Waals surface area contributed by atoms with Gasteiger partial charge in [-0.3, -0.25) is 14.9 Å². The number of nitro benzene ring substituents is 1. The van der Waals surface area contributed by atoms with Crippen LogP contribution in [0.1, 0.15) is 12.8 Å². The van der Waals surface area contributed by atoms with Crippen LogP contribution in [0.15, 0.2) is 34.8 Å². The van der Waals surface area contributed by atoms with Crippen LogP contribution in [0, 0.1) is 16.0 Å². The van der Waals surface area contributed by atoms with Gasteiger partial charge in [0.2, 0.25) is 5.91 Å². The van der Waals surface area contributed by atoms with Gasteiger partial charge in [0, 0.05) is 23.8 Å². The zero-order valence-corrected chi connectivity index (χ0v) is 12.8. The van der Waals surface area contributed by atoms with Gasteiger partial charge < -0.3 is 10.1 Å². The van der Waals surface area contributed by atoms with Crippen LogP contribution in [0.5, 0.6) is 0 Å². The van der Waals surface area contributed by atoms with Gasteiger partial charge in [-0.2, -0.15) is 0 Å². The molecule has 1 fully saturated rings. The van der Waals surface area contributed by atoms with Gasteiger partial charge in [0.25, 0.3) is 5.69 Å². The lowest BCUT2D eigenvalue weighted by Crippen LogP contribution is -2.15. The molecule has 1 saturated heterocycles. The van der Waals surface area contributed by atoms with E-state index in [2.05, 4.69) is 21.2 Å². The highest BCUT2D eigenvalue weighted by Crippen LogP contribution is 2.28. The fourth-order valence-electron chi connectivity index (χ4n) is 2.07. The summed E-state index contributed by atoms with van der Waals surface area (Å²) in [4.78, 5) is 22.3.